The van der Waals surface area contributed by atoms with E-state index in [1.54, 1.807) is 10.6 Å². The zero-order chi connectivity index (χ0) is 14.1. The van der Waals surface area contributed by atoms with Crippen molar-refractivity contribution in [2.75, 3.05) is 5.32 Å². The van der Waals surface area contributed by atoms with Gasteiger partial charge in [0.2, 0.25) is 11.7 Å². The first kappa shape index (κ1) is 12.3. The molecule has 1 amide bonds. The maximum absolute atomic E-state index is 11.5. The molecule has 3 aromatic rings. The van der Waals surface area contributed by atoms with Crippen LogP contribution in [0.4, 0.5) is 5.82 Å². The van der Waals surface area contributed by atoms with Gasteiger partial charge < -0.3 is 5.32 Å². The van der Waals surface area contributed by atoms with Gasteiger partial charge in [-0.15, -0.1) is 0 Å². The Bertz CT molecular complexity index is 791. The van der Waals surface area contributed by atoms with Gasteiger partial charge in [-0.05, 0) is 18.6 Å². The van der Waals surface area contributed by atoms with Crippen LogP contribution >= 0.6 is 0 Å². The minimum Gasteiger partial charge on any atom is -0.310 e. The molecule has 5 nitrogen and oxygen atoms in total. The SMILES string of the molecule is CC(=O)Nc1c(-c2ccccc2C)nc2ncccn12. The average Bonchev–Trinajstić information content (AvgIpc) is 2.78. The molecule has 0 fully saturated rings. The molecule has 100 valence electrons. The predicted octanol–water partition coefficient (Wildman–Crippen LogP) is 2.66. The number of imidazole rings is 1. The van der Waals surface area contributed by atoms with Crippen molar-refractivity contribution in [3.05, 3.63) is 48.3 Å². The highest BCUT2D eigenvalue weighted by atomic mass is 16.1. The summed E-state index contributed by atoms with van der Waals surface area (Å²) in [5.74, 6) is 1.08. The summed E-state index contributed by atoms with van der Waals surface area (Å²) in [6.07, 6.45) is 3.52. The van der Waals surface area contributed by atoms with E-state index in [9.17, 15) is 4.79 Å². The van der Waals surface area contributed by atoms with E-state index in [0.717, 1.165) is 16.8 Å². The van der Waals surface area contributed by atoms with Gasteiger partial charge in [-0.25, -0.2) is 9.97 Å². The Morgan fingerprint density at radius 1 is 1.25 bits per heavy atom. The van der Waals surface area contributed by atoms with E-state index in [2.05, 4.69) is 15.3 Å². The van der Waals surface area contributed by atoms with Crippen LogP contribution in [-0.2, 0) is 4.79 Å². The lowest BCUT2D eigenvalue weighted by molar-refractivity contribution is -0.114. The minimum absolute atomic E-state index is 0.134. The van der Waals surface area contributed by atoms with Crippen LogP contribution in [-0.4, -0.2) is 20.3 Å². The Balaban J connectivity index is 2.29. The zero-order valence-corrected chi connectivity index (χ0v) is 11.3. The largest absolute Gasteiger partial charge is 0.310 e. The molecule has 2 heterocycles. The van der Waals surface area contributed by atoms with Gasteiger partial charge in [-0.3, -0.25) is 9.20 Å². The summed E-state index contributed by atoms with van der Waals surface area (Å²) < 4.78 is 1.78. The van der Waals surface area contributed by atoms with E-state index >= 15 is 0 Å². The molecule has 0 aliphatic carbocycles. The monoisotopic (exact) mass is 266 g/mol. The first-order valence-corrected chi connectivity index (χ1v) is 6.33. The van der Waals surface area contributed by atoms with Crippen LogP contribution in [0.25, 0.3) is 17.0 Å². The van der Waals surface area contributed by atoms with Gasteiger partial charge in [0.1, 0.15) is 11.5 Å². The number of nitrogens with one attached hydrogen (secondary N) is 1. The Morgan fingerprint density at radius 2 is 2.05 bits per heavy atom. The molecular formula is C15H14N4O. The van der Waals surface area contributed by atoms with Crippen molar-refractivity contribution in [3.63, 3.8) is 0 Å². The van der Waals surface area contributed by atoms with Gasteiger partial charge in [0.05, 0.1) is 0 Å². The summed E-state index contributed by atoms with van der Waals surface area (Å²) in [7, 11) is 0. The van der Waals surface area contributed by atoms with Crippen LogP contribution in [0.5, 0.6) is 0 Å². The van der Waals surface area contributed by atoms with E-state index in [0.29, 0.717) is 11.6 Å². The van der Waals surface area contributed by atoms with Gasteiger partial charge >= 0.3 is 0 Å². The van der Waals surface area contributed by atoms with Crippen molar-refractivity contribution in [1.82, 2.24) is 14.4 Å². The highest BCUT2D eigenvalue weighted by molar-refractivity contribution is 5.93. The van der Waals surface area contributed by atoms with Crippen molar-refractivity contribution in [3.8, 4) is 11.3 Å². The molecule has 0 saturated carbocycles. The second kappa shape index (κ2) is 4.77. The minimum atomic E-state index is -0.134. The predicted molar refractivity (Wildman–Crippen MR) is 77.5 cm³/mol. The first-order chi connectivity index (χ1) is 9.66. The molecular weight excluding hydrogens is 252 g/mol. The van der Waals surface area contributed by atoms with Crippen LogP contribution < -0.4 is 5.32 Å². The second-order valence-electron chi connectivity index (χ2n) is 4.59. The molecule has 0 atom stereocenters. The first-order valence-electron chi connectivity index (χ1n) is 6.33. The molecule has 1 aromatic carbocycles. The van der Waals surface area contributed by atoms with Crippen molar-refractivity contribution < 1.29 is 4.79 Å². The fraction of sp³-hybridized carbons (Fsp3) is 0.133. The topological polar surface area (TPSA) is 59.3 Å². The third kappa shape index (κ3) is 2.03. The number of aromatic nitrogens is 3. The van der Waals surface area contributed by atoms with E-state index in [-0.39, 0.29) is 5.91 Å². The third-order valence-electron chi connectivity index (χ3n) is 3.10. The highest BCUT2D eigenvalue weighted by Gasteiger charge is 2.16. The Morgan fingerprint density at radius 3 is 2.80 bits per heavy atom. The lowest BCUT2D eigenvalue weighted by Gasteiger charge is -2.07. The molecule has 0 bridgehead atoms. The molecule has 5 heteroatoms. The molecule has 0 aliphatic rings. The van der Waals surface area contributed by atoms with Crippen LogP contribution in [0, 0.1) is 6.92 Å². The number of carbonyl (C=O) groups excluding carboxylic acids is 1. The van der Waals surface area contributed by atoms with Crippen molar-refractivity contribution in [2.45, 2.75) is 13.8 Å². The summed E-state index contributed by atoms with van der Waals surface area (Å²) in [5.41, 5.74) is 2.82. The van der Waals surface area contributed by atoms with Crippen LogP contribution in [0.2, 0.25) is 0 Å². The number of carbonyl (C=O) groups is 1. The van der Waals surface area contributed by atoms with Crippen molar-refractivity contribution in [2.24, 2.45) is 0 Å². The number of nitrogens with zero attached hydrogens (tertiary/aromatic N) is 3. The lowest BCUT2D eigenvalue weighted by atomic mass is 10.1. The summed E-state index contributed by atoms with van der Waals surface area (Å²) in [5, 5.41) is 2.84. The number of aryl methyl sites for hydroxylation is 1. The third-order valence-corrected chi connectivity index (χ3v) is 3.10. The highest BCUT2D eigenvalue weighted by Crippen LogP contribution is 2.30. The Kier molecular flexibility index (Phi) is 2.95. The quantitative estimate of drug-likeness (QED) is 0.775. The van der Waals surface area contributed by atoms with E-state index in [1.807, 2.05) is 43.5 Å². The van der Waals surface area contributed by atoms with E-state index in [1.165, 1.54) is 6.92 Å². The molecule has 0 radical (unpaired) electrons. The van der Waals surface area contributed by atoms with E-state index in [4.69, 9.17) is 0 Å². The van der Waals surface area contributed by atoms with Gasteiger partial charge in [0.25, 0.3) is 0 Å². The molecule has 20 heavy (non-hydrogen) atoms. The van der Waals surface area contributed by atoms with Gasteiger partial charge in [0.15, 0.2) is 0 Å². The van der Waals surface area contributed by atoms with Crippen LogP contribution in [0.15, 0.2) is 42.7 Å². The molecule has 1 N–H and O–H groups in total. The van der Waals surface area contributed by atoms with Gasteiger partial charge in [0, 0.05) is 24.9 Å². The normalized spacial score (nSPS) is 10.7. The second-order valence-corrected chi connectivity index (χ2v) is 4.59. The average molecular weight is 266 g/mol. The van der Waals surface area contributed by atoms with Gasteiger partial charge in [-0.2, -0.15) is 0 Å². The number of anilines is 1. The van der Waals surface area contributed by atoms with Crippen LogP contribution in [0.1, 0.15) is 12.5 Å². The zero-order valence-electron chi connectivity index (χ0n) is 11.3. The number of amides is 1. The summed E-state index contributed by atoms with van der Waals surface area (Å²) in [6, 6.07) is 9.75. The molecule has 2 aromatic heterocycles. The standard InChI is InChI=1S/C15H14N4O/c1-10-6-3-4-7-12(10)13-14(17-11(2)20)19-9-5-8-16-15(19)18-13/h3-9H,1-2H3,(H,17,20). The number of benzene rings is 1. The molecule has 0 aliphatic heterocycles. The van der Waals surface area contributed by atoms with E-state index < -0.39 is 0 Å². The summed E-state index contributed by atoms with van der Waals surface area (Å²) >= 11 is 0. The molecule has 0 unspecified atom stereocenters. The maximum Gasteiger partial charge on any atom is 0.235 e. The molecule has 0 saturated heterocycles. The molecule has 3 rings (SSSR count). The van der Waals surface area contributed by atoms with Gasteiger partial charge in [-0.1, -0.05) is 24.3 Å². The summed E-state index contributed by atoms with van der Waals surface area (Å²) in [6.45, 7) is 3.50. The number of fused-ring (bicyclic) bond motifs is 1. The van der Waals surface area contributed by atoms with Crippen molar-refractivity contribution >= 4 is 17.5 Å². The smallest absolute Gasteiger partial charge is 0.235 e. The fourth-order valence-corrected chi connectivity index (χ4v) is 2.20. The number of hydrogen-bond donors (Lipinski definition) is 1. The van der Waals surface area contributed by atoms with Crippen LogP contribution in [0.3, 0.4) is 0 Å². The fourth-order valence-electron chi connectivity index (χ4n) is 2.20. The number of hydrogen-bond acceptors (Lipinski definition) is 3. The van der Waals surface area contributed by atoms with Crippen molar-refractivity contribution in [1.29, 1.82) is 0 Å². The Labute approximate surface area is 116 Å². The Hall–Kier alpha value is -2.69. The molecule has 0 spiro atoms. The maximum atomic E-state index is 11.5. The lowest BCUT2D eigenvalue weighted by Crippen LogP contribution is -2.09. The number of rotatable bonds is 2. The summed E-state index contributed by atoms with van der Waals surface area (Å²) in [4.78, 5) is 20.2.